The molecule has 0 spiro atoms. The van der Waals surface area contributed by atoms with E-state index in [2.05, 4.69) is 89.3 Å². The Kier molecular flexibility index (Phi) is 5.74. The molecule has 5 heteroatoms. The Bertz CT molecular complexity index is 2520. The maximum atomic E-state index is 5.06. The average molecular weight is 576 g/mol. The Hall–Kier alpha value is -6.20. The van der Waals surface area contributed by atoms with Crippen molar-refractivity contribution in [2.45, 2.75) is 0 Å². The molecule has 0 fully saturated rings. The van der Waals surface area contributed by atoms with Crippen LogP contribution in [0.2, 0.25) is 0 Å². The van der Waals surface area contributed by atoms with Crippen LogP contribution in [-0.2, 0) is 0 Å². The molecule has 9 rings (SSSR count). The zero-order valence-corrected chi connectivity index (χ0v) is 24.2. The highest BCUT2D eigenvalue weighted by Crippen LogP contribution is 2.37. The van der Waals surface area contributed by atoms with E-state index in [1.807, 2.05) is 67.0 Å². The first-order chi connectivity index (χ1) is 22.3. The molecule has 4 aromatic heterocycles. The molecular weight excluding hydrogens is 550 g/mol. The van der Waals surface area contributed by atoms with Gasteiger partial charge in [-0.15, -0.1) is 0 Å². The summed E-state index contributed by atoms with van der Waals surface area (Å²) in [6.45, 7) is 0. The number of fused-ring (bicyclic) bond motifs is 7. The Morgan fingerprint density at radius 3 is 1.89 bits per heavy atom. The lowest BCUT2D eigenvalue weighted by Crippen LogP contribution is -1.96. The van der Waals surface area contributed by atoms with E-state index in [4.69, 9.17) is 19.9 Å². The van der Waals surface area contributed by atoms with Gasteiger partial charge in [0.05, 0.1) is 11.2 Å². The van der Waals surface area contributed by atoms with E-state index in [9.17, 15) is 0 Å². The summed E-state index contributed by atoms with van der Waals surface area (Å²) >= 11 is 0. The summed E-state index contributed by atoms with van der Waals surface area (Å²) in [5.41, 5.74) is 11.0. The van der Waals surface area contributed by atoms with Gasteiger partial charge in [0.15, 0.2) is 11.5 Å². The van der Waals surface area contributed by atoms with Gasteiger partial charge in [-0.3, -0.25) is 4.40 Å². The number of hydrogen-bond donors (Lipinski definition) is 0. The predicted molar refractivity (Wildman–Crippen MR) is 183 cm³/mol. The van der Waals surface area contributed by atoms with Gasteiger partial charge in [0, 0.05) is 45.2 Å². The Labute approximate surface area is 259 Å². The summed E-state index contributed by atoms with van der Waals surface area (Å²) < 4.78 is 2.25. The standard InChI is InChI=1S/C40H25N5/c1-3-11-28(12-4-1)37-34(25-42-39(44-37)29-13-5-2-6-14-29)27-21-19-26(20-22-27)33-23-36-43-40-38(31-16-8-7-15-30(31)24-41-40)45(36)35-18-10-9-17-32(33)35/h1-25H. The van der Waals surface area contributed by atoms with Gasteiger partial charge < -0.3 is 0 Å². The van der Waals surface area contributed by atoms with Crippen LogP contribution in [0.4, 0.5) is 0 Å². The molecule has 5 aromatic carbocycles. The van der Waals surface area contributed by atoms with E-state index in [0.29, 0.717) is 5.82 Å². The van der Waals surface area contributed by atoms with Crippen LogP contribution in [0.1, 0.15) is 0 Å². The van der Waals surface area contributed by atoms with Crippen LogP contribution in [0, 0.1) is 0 Å². The zero-order chi connectivity index (χ0) is 29.7. The molecule has 0 saturated heterocycles. The van der Waals surface area contributed by atoms with Crippen molar-refractivity contribution in [2.24, 2.45) is 0 Å². The number of para-hydroxylation sites is 1. The van der Waals surface area contributed by atoms with Gasteiger partial charge in [-0.25, -0.2) is 19.9 Å². The molecule has 0 aliphatic carbocycles. The lowest BCUT2D eigenvalue weighted by atomic mass is 9.96. The zero-order valence-electron chi connectivity index (χ0n) is 24.2. The number of pyridine rings is 2. The molecule has 0 saturated carbocycles. The molecule has 0 aliphatic rings. The third-order valence-electron chi connectivity index (χ3n) is 8.51. The van der Waals surface area contributed by atoms with Crippen molar-refractivity contribution in [1.82, 2.24) is 24.3 Å². The monoisotopic (exact) mass is 575 g/mol. The molecule has 9 aromatic rings. The molecule has 0 radical (unpaired) electrons. The lowest BCUT2D eigenvalue weighted by molar-refractivity contribution is 1.18. The van der Waals surface area contributed by atoms with Gasteiger partial charge in [0.1, 0.15) is 11.2 Å². The lowest BCUT2D eigenvalue weighted by Gasteiger charge is -2.13. The normalized spacial score (nSPS) is 11.6. The smallest absolute Gasteiger partial charge is 0.179 e. The first-order valence-electron chi connectivity index (χ1n) is 15.0. The SMILES string of the molecule is c1ccc(-c2ncc(-c3ccc(-c4cc5nc6ncc7ccccc7c6n5c5ccccc45)cc3)c(-c3ccccc3)n2)cc1. The molecular formula is C40H25N5. The maximum absolute atomic E-state index is 5.06. The van der Waals surface area contributed by atoms with Crippen molar-refractivity contribution in [1.29, 1.82) is 0 Å². The third-order valence-corrected chi connectivity index (χ3v) is 8.51. The molecule has 0 atom stereocenters. The minimum Gasteiger partial charge on any atom is -0.290 e. The topological polar surface area (TPSA) is 56.0 Å². The number of aromatic nitrogens is 5. The van der Waals surface area contributed by atoms with Crippen LogP contribution in [0.25, 0.3) is 83.4 Å². The maximum Gasteiger partial charge on any atom is 0.179 e. The highest BCUT2D eigenvalue weighted by atomic mass is 15.1. The first kappa shape index (κ1) is 25.3. The van der Waals surface area contributed by atoms with Gasteiger partial charge in [-0.1, -0.05) is 127 Å². The molecule has 4 heterocycles. The number of hydrogen-bond acceptors (Lipinski definition) is 4. The number of nitrogens with zero attached hydrogens (tertiary/aromatic N) is 5. The van der Waals surface area contributed by atoms with Crippen LogP contribution in [0.15, 0.2) is 152 Å². The van der Waals surface area contributed by atoms with E-state index in [-0.39, 0.29) is 0 Å². The van der Waals surface area contributed by atoms with Gasteiger partial charge in [0.2, 0.25) is 0 Å². The molecule has 5 nitrogen and oxygen atoms in total. The molecule has 0 aliphatic heterocycles. The van der Waals surface area contributed by atoms with Crippen LogP contribution in [0.3, 0.4) is 0 Å². The van der Waals surface area contributed by atoms with Gasteiger partial charge in [0.25, 0.3) is 0 Å². The molecule has 0 unspecified atom stereocenters. The van der Waals surface area contributed by atoms with E-state index in [1.165, 1.54) is 0 Å². The summed E-state index contributed by atoms with van der Waals surface area (Å²) in [5.74, 6) is 0.712. The number of rotatable bonds is 4. The summed E-state index contributed by atoms with van der Waals surface area (Å²) in [4.78, 5) is 19.5. The van der Waals surface area contributed by atoms with Crippen LogP contribution in [0.5, 0.6) is 0 Å². The van der Waals surface area contributed by atoms with Crippen molar-refractivity contribution >= 4 is 38.5 Å². The highest BCUT2D eigenvalue weighted by Gasteiger charge is 2.17. The van der Waals surface area contributed by atoms with Crippen LogP contribution >= 0.6 is 0 Å². The fourth-order valence-electron chi connectivity index (χ4n) is 6.36. The predicted octanol–water partition coefficient (Wildman–Crippen LogP) is 9.65. The summed E-state index contributed by atoms with van der Waals surface area (Å²) in [6, 6.07) is 48.2. The van der Waals surface area contributed by atoms with Crippen LogP contribution < -0.4 is 0 Å². The van der Waals surface area contributed by atoms with Gasteiger partial charge in [-0.05, 0) is 28.8 Å². The van der Waals surface area contributed by atoms with Gasteiger partial charge in [-0.2, -0.15) is 0 Å². The summed E-state index contributed by atoms with van der Waals surface area (Å²) in [7, 11) is 0. The number of imidazole rings is 1. The van der Waals surface area contributed by atoms with E-state index >= 15 is 0 Å². The van der Waals surface area contributed by atoms with Gasteiger partial charge >= 0.3 is 0 Å². The molecule has 0 N–H and O–H groups in total. The fraction of sp³-hybridized carbons (Fsp3) is 0. The van der Waals surface area contributed by atoms with Crippen molar-refractivity contribution in [3.05, 3.63) is 152 Å². The molecule has 0 amide bonds. The summed E-state index contributed by atoms with van der Waals surface area (Å²) in [5, 5.41) is 3.41. The van der Waals surface area contributed by atoms with E-state index in [0.717, 1.165) is 77.6 Å². The minimum atomic E-state index is 0.712. The molecule has 45 heavy (non-hydrogen) atoms. The largest absolute Gasteiger partial charge is 0.290 e. The highest BCUT2D eigenvalue weighted by molar-refractivity contribution is 6.08. The van der Waals surface area contributed by atoms with E-state index < -0.39 is 0 Å². The number of benzene rings is 5. The van der Waals surface area contributed by atoms with E-state index in [1.54, 1.807) is 0 Å². The second-order valence-electron chi connectivity index (χ2n) is 11.2. The molecule has 210 valence electrons. The second kappa shape index (κ2) is 10.2. The minimum absolute atomic E-state index is 0.712. The third kappa shape index (κ3) is 4.17. The molecule has 0 bridgehead atoms. The van der Waals surface area contributed by atoms with Crippen molar-refractivity contribution < 1.29 is 0 Å². The Balaban J connectivity index is 1.20. The quantitative estimate of drug-likeness (QED) is 0.210. The van der Waals surface area contributed by atoms with Crippen molar-refractivity contribution in [3.63, 3.8) is 0 Å². The van der Waals surface area contributed by atoms with Crippen molar-refractivity contribution in [3.8, 4) is 44.9 Å². The second-order valence-corrected chi connectivity index (χ2v) is 11.2. The van der Waals surface area contributed by atoms with Crippen molar-refractivity contribution in [2.75, 3.05) is 0 Å². The Morgan fingerprint density at radius 2 is 1.11 bits per heavy atom. The van der Waals surface area contributed by atoms with Crippen LogP contribution in [-0.4, -0.2) is 24.3 Å². The first-order valence-corrected chi connectivity index (χ1v) is 15.0. The Morgan fingerprint density at radius 1 is 0.467 bits per heavy atom. The average Bonchev–Trinajstić information content (AvgIpc) is 3.51. The summed E-state index contributed by atoms with van der Waals surface area (Å²) in [6.07, 6.45) is 3.85. The fourth-order valence-corrected chi connectivity index (χ4v) is 6.36.